The second kappa shape index (κ2) is 5.19. The number of anilines is 1. The number of pyridine rings is 1. The molecule has 1 heterocycles. The molecule has 0 spiro atoms. The zero-order valence-electron chi connectivity index (χ0n) is 10.2. The van der Waals surface area contributed by atoms with E-state index in [-0.39, 0.29) is 5.78 Å². The Balaban J connectivity index is 2.50. The molecule has 0 fully saturated rings. The SMILES string of the molecule is CNc1cc(C)cnc1C(=O)c1ccccc1Cl. The van der Waals surface area contributed by atoms with Crippen LogP contribution in [0.4, 0.5) is 5.69 Å². The summed E-state index contributed by atoms with van der Waals surface area (Å²) in [5.74, 6) is -0.176. The third-order valence-electron chi connectivity index (χ3n) is 2.63. The van der Waals surface area contributed by atoms with Crippen LogP contribution in [0.15, 0.2) is 36.5 Å². The summed E-state index contributed by atoms with van der Waals surface area (Å²) >= 11 is 6.03. The topological polar surface area (TPSA) is 42.0 Å². The smallest absolute Gasteiger partial charge is 0.214 e. The van der Waals surface area contributed by atoms with Gasteiger partial charge in [-0.2, -0.15) is 0 Å². The van der Waals surface area contributed by atoms with Crippen molar-refractivity contribution in [3.63, 3.8) is 0 Å². The molecule has 2 aromatic rings. The molecule has 0 radical (unpaired) electrons. The first-order valence-electron chi connectivity index (χ1n) is 5.57. The van der Waals surface area contributed by atoms with E-state index in [0.29, 0.717) is 22.0 Å². The van der Waals surface area contributed by atoms with E-state index in [0.717, 1.165) is 5.56 Å². The van der Waals surface area contributed by atoms with Crippen LogP contribution in [-0.4, -0.2) is 17.8 Å². The van der Waals surface area contributed by atoms with Gasteiger partial charge in [0.2, 0.25) is 5.78 Å². The normalized spacial score (nSPS) is 10.2. The van der Waals surface area contributed by atoms with E-state index < -0.39 is 0 Å². The first kappa shape index (κ1) is 12.6. The van der Waals surface area contributed by atoms with E-state index in [1.165, 1.54) is 0 Å². The predicted molar refractivity (Wildman–Crippen MR) is 73.4 cm³/mol. The van der Waals surface area contributed by atoms with Gasteiger partial charge in [0, 0.05) is 18.8 Å². The van der Waals surface area contributed by atoms with Crippen LogP contribution in [0.5, 0.6) is 0 Å². The molecule has 1 aromatic heterocycles. The number of aromatic nitrogens is 1. The number of aryl methyl sites for hydroxylation is 1. The molecule has 18 heavy (non-hydrogen) atoms. The van der Waals surface area contributed by atoms with Gasteiger partial charge in [0.25, 0.3) is 0 Å². The third-order valence-corrected chi connectivity index (χ3v) is 2.96. The van der Waals surface area contributed by atoms with Crippen LogP contribution < -0.4 is 5.32 Å². The number of nitrogens with zero attached hydrogens (tertiary/aromatic N) is 1. The lowest BCUT2D eigenvalue weighted by molar-refractivity contribution is 0.103. The fourth-order valence-corrected chi connectivity index (χ4v) is 1.94. The molecule has 1 aromatic carbocycles. The number of hydrogen-bond donors (Lipinski definition) is 1. The largest absolute Gasteiger partial charge is 0.386 e. The lowest BCUT2D eigenvalue weighted by Crippen LogP contribution is -2.09. The van der Waals surface area contributed by atoms with Gasteiger partial charge in [-0.3, -0.25) is 9.78 Å². The Kier molecular flexibility index (Phi) is 3.63. The summed E-state index contributed by atoms with van der Waals surface area (Å²) in [7, 11) is 1.76. The van der Waals surface area contributed by atoms with E-state index >= 15 is 0 Å². The van der Waals surface area contributed by atoms with Gasteiger partial charge in [-0.1, -0.05) is 23.7 Å². The molecule has 0 saturated carbocycles. The van der Waals surface area contributed by atoms with Crippen molar-refractivity contribution < 1.29 is 4.79 Å². The van der Waals surface area contributed by atoms with Crippen LogP contribution in [0.25, 0.3) is 0 Å². The zero-order chi connectivity index (χ0) is 13.1. The molecule has 0 aliphatic heterocycles. The molecular formula is C14H13ClN2O. The highest BCUT2D eigenvalue weighted by atomic mass is 35.5. The van der Waals surface area contributed by atoms with E-state index in [4.69, 9.17) is 11.6 Å². The summed E-state index contributed by atoms with van der Waals surface area (Å²) in [6.45, 7) is 1.93. The first-order valence-corrected chi connectivity index (χ1v) is 5.95. The molecule has 0 unspecified atom stereocenters. The maximum Gasteiger partial charge on any atom is 0.214 e. The Morgan fingerprint density at radius 2 is 2.06 bits per heavy atom. The summed E-state index contributed by atoms with van der Waals surface area (Å²) in [6.07, 6.45) is 1.67. The number of halogens is 1. The summed E-state index contributed by atoms with van der Waals surface area (Å²) < 4.78 is 0. The molecule has 0 aliphatic rings. The lowest BCUT2D eigenvalue weighted by atomic mass is 10.1. The van der Waals surface area contributed by atoms with Crippen LogP contribution >= 0.6 is 11.6 Å². The van der Waals surface area contributed by atoms with Gasteiger partial charge in [-0.15, -0.1) is 0 Å². The second-order valence-corrected chi connectivity index (χ2v) is 4.38. The summed E-state index contributed by atoms with van der Waals surface area (Å²) in [6, 6.07) is 8.86. The standard InChI is InChI=1S/C14H13ClN2O/c1-9-7-12(16-2)13(17-8-9)14(18)10-5-3-4-6-11(10)15/h3-8,16H,1-2H3. The Labute approximate surface area is 111 Å². The van der Waals surface area contributed by atoms with Crippen molar-refractivity contribution in [3.8, 4) is 0 Å². The highest BCUT2D eigenvalue weighted by Gasteiger charge is 2.17. The number of ketones is 1. The molecule has 0 aliphatic carbocycles. The van der Waals surface area contributed by atoms with Crippen LogP contribution in [0.3, 0.4) is 0 Å². The van der Waals surface area contributed by atoms with Crippen LogP contribution in [0.1, 0.15) is 21.6 Å². The summed E-state index contributed by atoms with van der Waals surface area (Å²) in [4.78, 5) is 16.6. The van der Waals surface area contributed by atoms with Crippen molar-refractivity contribution in [1.82, 2.24) is 4.98 Å². The Morgan fingerprint density at radius 1 is 1.33 bits per heavy atom. The minimum absolute atomic E-state index is 0.176. The van der Waals surface area contributed by atoms with Crippen LogP contribution in [-0.2, 0) is 0 Å². The van der Waals surface area contributed by atoms with Crippen molar-refractivity contribution in [2.24, 2.45) is 0 Å². The molecular weight excluding hydrogens is 248 g/mol. The maximum absolute atomic E-state index is 12.4. The van der Waals surface area contributed by atoms with Crippen molar-refractivity contribution in [2.45, 2.75) is 6.92 Å². The van der Waals surface area contributed by atoms with Gasteiger partial charge in [0.1, 0.15) is 5.69 Å². The number of nitrogens with one attached hydrogen (secondary N) is 1. The van der Waals surface area contributed by atoms with E-state index in [9.17, 15) is 4.79 Å². The monoisotopic (exact) mass is 260 g/mol. The van der Waals surface area contributed by atoms with Gasteiger partial charge >= 0.3 is 0 Å². The third kappa shape index (κ3) is 2.36. The van der Waals surface area contributed by atoms with Crippen LogP contribution in [0, 0.1) is 6.92 Å². The average molecular weight is 261 g/mol. The van der Waals surface area contributed by atoms with Crippen molar-refractivity contribution in [2.75, 3.05) is 12.4 Å². The van der Waals surface area contributed by atoms with Crippen LogP contribution in [0.2, 0.25) is 5.02 Å². The van der Waals surface area contributed by atoms with E-state index in [1.54, 1.807) is 37.5 Å². The molecule has 92 valence electrons. The zero-order valence-corrected chi connectivity index (χ0v) is 11.0. The fourth-order valence-electron chi connectivity index (χ4n) is 1.71. The summed E-state index contributed by atoms with van der Waals surface area (Å²) in [5, 5.41) is 3.42. The molecule has 4 heteroatoms. The number of rotatable bonds is 3. The molecule has 2 rings (SSSR count). The highest BCUT2D eigenvalue weighted by molar-refractivity contribution is 6.35. The number of hydrogen-bond acceptors (Lipinski definition) is 3. The van der Waals surface area contributed by atoms with Crippen molar-refractivity contribution >= 4 is 23.1 Å². The maximum atomic E-state index is 12.4. The number of carbonyl (C=O) groups excluding carboxylic acids is 1. The quantitative estimate of drug-likeness (QED) is 0.861. The van der Waals surface area contributed by atoms with Gasteiger partial charge in [0.05, 0.1) is 10.7 Å². The lowest BCUT2D eigenvalue weighted by Gasteiger charge is -2.09. The summed E-state index contributed by atoms with van der Waals surface area (Å²) in [5.41, 5.74) is 2.55. The Bertz CT molecular complexity index is 596. The number of carbonyl (C=O) groups is 1. The minimum atomic E-state index is -0.176. The van der Waals surface area contributed by atoms with E-state index in [2.05, 4.69) is 10.3 Å². The van der Waals surface area contributed by atoms with Crippen molar-refractivity contribution in [3.05, 3.63) is 58.4 Å². The van der Waals surface area contributed by atoms with Gasteiger partial charge in [-0.25, -0.2) is 0 Å². The molecule has 1 N–H and O–H groups in total. The second-order valence-electron chi connectivity index (χ2n) is 3.97. The highest BCUT2D eigenvalue weighted by Crippen LogP contribution is 2.22. The van der Waals surface area contributed by atoms with Gasteiger partial charge in [-0.05, 0) is 30.7 Å². The average Bonchev–Trinajstić information content (AvgIpc) is 2.38. The molecule has 0 saturated heterocycles. The fraction of sp³-hybridized carbons (Fsp3) is 0.143. The first-order chi connectivity index (χ1) is 8.63. The predicted octanol–water partition coefficient (Wildman–Crippen LogP) is 3.32. The Morgan fingerprint density at radius 3 is 2.72 bits per heavy atom. The Hall–Kier alpha value is -1.87. The molecule has 0 bridgehead atoms. The van der Waals surface area contributed by atoms with Gasteiger partial charge in [0.15, 0.2) is 0 Å². The molecule has 3 nitrogen and oxygen atoms in total. The minimum Gasteiger partial charge on any atom is -0.386 e. The number of benzene rings is 1. The molecule has 0 atom stereocenters. The molecule has 0 amide bonds. The van der Waals surface area contributed by atoms with E-state index in [1.807, 2.05) is 13.0 Å². The van der Waals surface area contributed by atoms with Crippen molar-refractivity contribution in [1.29, 1.82) is 0 Å². The van der Waals surface area contributed by atoms with Gasteiger partial charge < -0.3 is 5.32 Å².